The van der Waals surface area contributed by atoms with Crippen molar-refractivity contribution in [3.63, 3.8) is 0 Å². The first kappa shape index (κ1) is 15.5. The maximum atomic E-state index is 12.5. The average molecular weight is 325 g/mol. The Hall–Kier alpha value is -1.37. The minimum Gasteiger partial charge on any atom is -0.348 e. The normalized spacial score (nSPS) is 26.2. The number of amides is 1. The van der Waals surface area contributed by atoms with Gasteiger partial charge in [0.05, 0.1) is 16.7 Å². The molecule has 0 aliphatic carbocycles. The Bertz CT molecular complexity index is 691. The predicted octanol–water partition coefficient (Wildman–Crippen LogP) is 1.31. The lowest BCUT2D eigenvalue weighted by molar-refractivity contribution is 0.0920. The molecule has 2 aliphatic rings. The summed E-state index contributed by atoms with van der Waals surface area (Å²) in [5.41, 5.74) is 0.598. The van der Waals surface area contributed by atoms with Crippen LogP contribution in [0.3, 0.4) is 0 Å². The molecule has 0 saturated carbocycles. The van der Waals surface area contributed by atoms with E-state index in [1.165, 1.54) is 0 Å². The third-order valence-electron chi connectivity index (χ3n) is 4.85. The van der Waals surface area contributed by atoms with E-state index in [2.05, 4.69) is 10.3 Å². The van der Waals surface area contributed by atoms with Crippen molar-refractivity contribution in [2.75, 3.05) is 5.75 Å². The standard InChI is InChI=1S/C15H23N3O3S/c1-15(2)9-11(6-8-22(15,20)21)17-14(19)12-10-16-13-5-3-4-7-18(12)13/h10-11H,3-9H2,1-2H3,(H,17,19). The van der Waals surface area contributed by atoms with Crippen LogP contribution < -0.4 is 5.32 Å². The molecule has 22 heavy (non-hydrogen) atoms. The van der Waals surface area contributed by atoms with Crippen LogP contribution in [0.4, 0.5) is 0 Å². The highest BCUT2D eigenvalue weighted by Gasteiger charge is 2.41. The number of sulfone groups is 1. The van der Waals surface area contributed by atoms with Crippen LogP contribution in [-0.4, -0.2) is 40.4 Å². The molecular weight excluding hydrogens is 302 g/mol. The molecule has 1 fully saturated rings. The summed E-state index contributed by atoms with van der Waals surface area (Å²) in [5.74, 6) is 0.971. The number of aryl methyl sites for hydroxylation is 1. The van der Waals surface area contributed by atoms with E-state index in [0.717, 1.165) is 31.6 Å². The number of imidazole rings is 1. The molecule has 122 valence electrons. The van der Waals surface area contributed by atoms with Gasteiger partial charge in [0.25, 0.3) is 5.91 Å². The number of hydrogen-bond acceptors (Lipinski definition) is 4. The van der Waals surface area contributed by atoms with Crippen molar-refractivity contribution >= 4 is 15.7 Å². The molecule has 0 spiro atoms. The summed E-state index contributed by atoms with van der Waals surface area (Å²) in [4.78, 5) is 16.8. The number of hydrogen-bond donors (Lipinski definition) is 1. The fourth-order valence-corrected chi connectivity index (χ4v) is 4.98. The second-order valence-electron chi connectivity index (χ2n) is 6.91. The largest absolute Gasteiger partial charge is 0.348 e. The number of fused-ring (bicyclic) bond motifs is 1. The van der Waals surface area contributed by atoms with E-state index >= 15 is 0 Å². The van der Waals surface area contributed by atoms with E-state index < -0.39 is 14.6 Å². The van der Waals surface area contributed by atoms with Crippen molar-refractivity contribution in [1.82, 2.24) is 14.9 Å². The van der Waals surface area contributed by atoms with Gasteiger partial charge >= 0.3 is 0 Å². The van der Waals surface area contributed by atoms with Crippen LogP contribution in [0.2, 0.25) is 0 Å². The second-order valence-corrected chi connectivity index (χ2v) is 9.65. The summed E-state index contributed by atoms with van der Waals surface area (Å²) < 4.78 is 25.3. The van der Waals surface area contributed by atoms with Crippen molar-refractivity contribution < 1.29 is 13.2 Å². The van der Waals surface area contributed by atoms with Crippen molar-refractivity contribution in [3.8, 4) is 0 Å². The summed E-state index contributed by atoms with van der Waals surface area (Å²) in [6.07, 6.45) is 5.69. The Labute approximate surface area is 131 Å². The van der Waals surface area contributed by atoms with Gasteiger partial charge in [0.2, 0.25) is 0 Å². The minimum atomic E-state index is -3.07. The molecule has 6 nitrogen and oxygen atoms in total. The third kappa shape index (κ3) is 2.66. The summed E-state index contributed by atoms with van der Waals surface area (Å²) in [7, 11) is -3.07. The molecule has 0 radical (unpaired) electrons. The van der Waals surface area contributed by atoms with E-state index in [4.69, 9.17) is 0 Å². The number of aromatic nitrogens is 2. The Balaban J connectivity index is 1.72. The lowest BCUT2D eigenvalue weighted by Gasteiger charge is -2.35. The van der Waals surface area contributed by atoms with Crippen LogP contribution in [0.5, 0.6) is 0 Å². The first-order chi connectivity index (χ1) is 10.3. The predicted molar refractivity (Wildman–Crippen MR) is 83.5 cm³/mol. The molecule has 1 aromatic rings. The van der Waals surface area contributed by atoms with Crippen molar-refractivity contribution in [1.29, 1.82) is 0 Å². The third-order valence-corrected chi connectivity index (χ3v) is 7.48. The number of carbonyl (C=O) groups excluding carboxylic acids is 1. The SMILES string of the molecule is CC1(C)CC(NC(=O)c2cnc3n2CCCC3)CCS1(=O)=O. The Kier molecular flexibility index (Phi) is 3.79. The first-order valence-electron chi connectivity index (χ1n) is 7.88. The smallest absolute Gasteiger partial charge is 0.269 e. The summed E-state index contributed by atoms with van der Waals surface area (Å²) in [6.45, 7) is 4.31. The maximum absolute atomic E-state index is 12.5. The van der Waals surface area contributed by atoms with Crippen molar-refractivity contribution in [2.24, 2.45) is 0 Å². The second kappa shape index (κ2) is 5.37. The van der Waals surface area contributed by atoms with E-state index in [0.29, 0.717) is 18.5 Å². The fourth-order valence-electron chi connectivity index (χ4n) is 3.38. The summed E-state index contributed by atoms with van der Waals surface area (Å²) >= 11 is 0. The highest BCUT2D eigenvalue weighted by Crippen LogP contribution is 2.30. The molecule has 1 atom stereocenters. The average Bonchev–Trinajstić information content (AvgIpc) is 2.87. The van der Waals surface area contributed by atoms with E-state index in [-0.39, 0.29) is 17.7 Å². The molecule has 2 aliphatic heterocycles. The number of carbonyl (C=O) groups is 1. The minimum absolute atomic E-state index is 0.0965. The van der Waals surface area contributed by atoms with Gasteiger partial charge in [-0.3, -0.25) is 4.79 Å². The van der Waals surface area contributed by atoms with Crippen LogP contribution >= 0.6 is 0 Å². The lowest BCUT2D eigenvalue weighted by atomic mass is 10.00. The van der Waals surface area contributed by atoms with Gasteiger partial charge in [-0.05, 0) is 39.5 Å². The Morgan fingerprint density at radius 1 is 1.41 bits per heavy atom. The van der Waals surface area contributed by atoms with Gasteiger partial charge in [0, 0.05) is 19.0 Å². The number of nitrogens with zero attached hydrogens (tertiary/aromatic N) is 2. The van der Waals surface area contributed by atoms with Crippen LogP contribution in [0.1, 0.15) is 55.8 Å². The number of nitrogens with one attached hydrogen (secondary N) is 1. The number of rotatable bonds is 2. The zero-order chi connectivity index (χ0) is 16.0. The molecule has 1 unspecified atom stereocenters. The highest BCUT2D eigenvalue weighted by atomic mass is 32.2. The molecule has 3 rings (SSSR count). The highest BCUT2D eigenvalue weighted by molar-refractivity contribution is 7.92. The Morgan fingerprint density at radius 3 is 2.91 bits per heavy atom. The molecule has 1 saturated heterocycles. The monoisotopic (exact) mass is 325 g/mol. The zero-order valence-electron chi connectivity index (χ0n) is 13.1. The van der Waals surface area contributed by atoms with Crippen molar-refractivity contribution in [3.05, 3.63) is 17.7 Å². The van der Waals surface area contributed by atoms with Gasteiger partial charge in [0.1, 0.15) is 11.5 Å². The molecule has 7 heteroatoms. The maximum Gasteiger partial charge on any atom is 0.269 e. The Morgan fingerprint density at radius 2 is 2.18 bits per heavy atom. The van der Waals surface area contributed by atoms with Crippen molar-refractivity contribution in [2.45, 2.75) is 63.3 Å². The lowest BCUT2D eigenvalue weighted by Crippen LogP contribution is -2.49. The van der Waals surface area contributed by atoms with Crippen LogP contribution in [0, 0.1) is 0 Å². The van der Waals surface area contributed by atoms with Gasteiger partial charge in [-0.15, -0.1) is 0 Å². The quantitative estimate of drug-likeness (QED) is 0.889. The van der Waals surface area contributed by atoms with Gasteiger partial charge in [0.15, 0.2) is 9.84 Å². The van der Waals surface area contributed by atoms with Crippen LogP contribution in [-0.2, 0) is 22.8 Å². The first-order valence-corrected chi connectivity index (χ1v) is 9.53. The molecular formula is C15H23N3O3S. The van der Waals surface area contributed by atoms with Gasteiger partial charge in [-0.1, -0.05) is 0 Å². The van der Waals surface area contributed by atoms with E-state index in [9.17, 15) is 13.2 Å². The molecule has 0 bridgehead atoms. The van der Waals surface area contributed by atoms with E-state index in [1.807, 2.05) is 4.57 Å². The van der Waals surface area contributed by atoms with Crippen LogP contribution in [0.15, 0.2) is 6.20 Å². The summed E-state index contributed by atoms with van der Waals surface area (Å²) in [6, 6.07) is -0.0965. The van der Waals surface area contributed by atoms with Crippen LogP contribution in [0.25, 0.3) is 0 Å². The molecule has 0 aromatic carbocycles. The van der Waals surface area contributed by atoms with Gasteiger partial charge < -0.3 is 9.88 Å². The van der Waals surface area contributed by atoms with Gasteiger partial charge in [-0.25, -0.2) is 13.4 Å². The molecule has 1 N–H and O–H groups in total. The van der Waals surface area contributed by atoms with E-state index in [1.54, 1.807) is 20.0 Å². The zero-order valence-corrected chi connectivity index (χ0v) is 13.9. The molecule has 1 aromatic heterocycles. The van der Waals surface area contributed by atoms with Gasteiger partial charge in [-0.2, -0.15) is 0 Å². The molecule has 3 heterocycles. The fraction of sp³-hybridized carbons (Fsp3) is 0.733. The topological polar surface area (TPSA) is 81.1 Å². The summed E-state index contributed by atoms with van der Waals surface area (Å²) in [5, 5.41) is 3.00. The molecule has 1 amide bonds.